The second kappa shape index (κ2) is 11.8. The van der Waals surface area contributed by atoms with Crippen molar-refractivity contribution in [3.05, 3.63) is 194 Å². The molecular weight excluding hydrogens is 709 g/mol. The lowest BCUT2D eigenvalue weighted by atomic mass is 10.0. The summed E-state index contributed by atoms with van der Waals surface area (Å²) in [6.45, 7) is 0. The first-order valence-corrected chi connectivity index (χ1v) is 19.8. The van der Waals surface area contributed by atoms with Gasteiger partial charge in [0.25, 0.3) is 0 Å². The van der Waals surface area contributed by atoms with Gasteiger partial charge in [0.05, 0.1) is 33.1 Å². The third kappa shape index (κ3) is 4.40. The van der Waals surface area contributed by atoms with Gasteiger partial charge in [-0.05, 0) is 95.1 Å². The number of para-hydroxylation sites is 2. The summed E-state index contributed by atoms with van der Waals surface area (Å²) < 4.78 is 17.7. The lowest BCUT2D eigenvalue weighted by Crippen LogP contribution is -1.96. The lowest BCUT2D eigenvalue weighted by Gasteiger charge is -2.12. The Kier molecular flexibility index (Phi) is 6.41. The number of rotatable bonds is 4. The van der Waals surface area contributed by atoms with E-state index in [2.05, 4.69) is 185 Å². The molecule has 270 valence electrons. The normalized spacial score (nSPS) is 12.1. The number of nitrogens with zero attached hydrogens (tertiary/aromatic N) is 2. The van der Waals surface area contributed by atoms with Gasteiger partial charge >= 0.3 is 0 Å². The summed E-state index contributed by atoms with van der Waals surface area (Å²) in [5, 5.41) is 9.22. The summed E-state index contributed by atoms with van der Waals surface area (Å²) >= 11 is 0. The van der Waals surface area contributed by atoms with E-state index in [9.17, 15) is 0 Å². The van der Waals surface area contributed by atoms with Gasteiger partial charge in [-0.2, -0.15) is 0 Å². The first-order valence-electron chi connectivity index (χ1n) is 19.8. The molecule has 0 aliphatic rings. The number of fused-ring (bicyclic) bond motifs is 13. The van der Waals surface area contributed by atoms with E-state index in [0.717, 1.165) is 71.8 Å². The van der Waals surface area contributed by atoms with Crippen molar-refractivity contribution in [2.75, 3.05) is 0 Å². The molecule has 0 atom stereocenters. The van der Waals surface area contributed by atoms with Gasteiger partial charge in [0.1, 0.15) is 22.3 Å². The zero-order chi connectivity index (χ0) is 37.9. The van der Waals surface area contributed by atoms with E-state index in [0.29, 0.717) is 0 Å². The second-order valence-electron chi connectivity index (χ2n) is 15.2. The Morgan fingerprint density at radius 3 is 1.64 bits per heavy atom. The van der Waals surface area contributed by atoms with Gasteiger partial charge in [-0.3, -0.25) is 0 Å². The van der Waals surface area contributed by atoms with Crippen LogP contribution < -0.4 is 0 Å². The van der Waals surface area contributed by atoms with E-state index in [1.165, 1.54) is 49.3 Å². The van der Waals surface area contributed by atoms with Crippen LogP contribution in [0.5, 0.6) is 0 Å². The molecule has 0 aliphatic heterocycles. The molecule has 58 heavy (non-hydrogen) atoms. The molecule has 0 N–H and O–H groups in total. The van der Waals surface area contributed by atoms with Gasteiger partial charge in [-0.1, -0.05) is 121 Å². The van der Waals surface area contributed by atoms with E-state index in [1.807, 2.05) is 18.2 Å². The molecule has 13 aromatic rings. The zero-order valence-corrected chi connectivity index (χ0v) is 31.2. The summed E-state index contributed by atoms with van der Waals surface area (Å²) in [6, 6.07) is 69.7. The van der Waals surface area contributed by atoms with Gasteiger partial charge in [0.15, 0.2) is 0 Å². The number of furan rings is 2. The summed E-state index contributed by atoms with van der Waals surface area (Å²) in [5.41, 5.74) is 15.0. The number of benzene rings is 9. The summed E-state index contributed by atoms with van der Waals surface area (Å²) in [5.74, 6) is 0. The Bertz CT molecular complexity index is 3790. The smallest absolute Gasteiger partial charge is 0.137 e. The van der Waals surface area contributed by atoms with Crippen molar-refractivity contribution in [2.45, 2.75) is 0 Å². The van der Waals surface area contributed by atoms with Crippen molar-refractivity contribution < 1.29 is 8.83 Å². The molecule has 4 heteroatoms. The fraction of sp³-hybridized carbons (Fsp3) is 0. The van der Waals surface area contributed by atoms with Crippen molar-refractivity contribution in [1.82, 2.24) is 9.13 Å². The first-order chi connectivity index (χ1) is 28.8. The maximum atomic E-state index is 6.51. The molecule has 0 saturated heterocycles. The third-order valence-electron chi connectivity index (χ3n) is 12.1. The van der Waals surface area contributed by atoms with Crippen LogP contribution in [0.1, 0.15) is 0 Å². The number of aromatic nitrogens is 2. The highest BCUT2D eigenvalue weighted by Gasteiger charge is 2.24. The molecule has 0 radical (unpaired) electrons. The monoisotopic (exact) mass is 740 g/mol. The standard InChI is InChI=1S/C54H32N2O2/c1-3-12-33(13-4-1)35-22-26-44-41(30-35)39-25-28-47-53(54(39)56(44)46-18-11-21-51-52(46)40-17-8-10-20-49(40)58-51)43-31-36(34-14-5-2-6-15-34)23-27-45(43)55(47)37-24-29-50-42(32-37)38-16-7-9-19-48(38)57-50/h1-32H. The molecule has 0 aliphatic carbocycles. The molecule has 0 saturated carbocycles. The molecule has 0 unspecified atom stereocenters. The summed E-state index contributed by atoms with van der Waals surface area (Å²) in [7, 11) is 0. The van der Waals surface area contributed by atoms with E-state index >= 15 is 0 Å². The van der Waals surface area contributed by atoms with Gasteiger partial charge in [0.2, 0.25) is 0 Å². The van der Waals surface area contributed by atoms with Gasteiger partial charge in [-0.15, -0.1) is 0 Å². The predicted molar refractivity (Wildman–Crippen MR) is 241 cm³/mol. The van der Waals surface area contributed by atoms with E-state index in [1.54, 1.807) is 0 Å². The largest absolute Gasteiger partial charge is 0.456 e. The fourth-order valence-corrected chi connectivity index (χ4v) is 9.55. The molecule has 0 spiro atoms. The van der Waals surface area contributed by atoms with Crippen LogP contribution in [0.25, 0.3) is 121 Å². The van der Waals surface area contributed by atoms with Crippen LogP contribution in [0, 0.1) is 0 Å². The summed E-state index contributed by atoms with van der Waals surface area (Å²) in [4.78, 5) is 0. The topological polar surface area (TPSA) is 36.1 Å². The van der Waals surface area contributed by atoms with Crippen molar-refractivity contribution in [2.24, 2.45) is 0 Å². The predicted octanol–water partition coefficient (Wildman–Crippen LogP) is 15.0. The highest BCUT2D eigenvalue weighted by Crippen LogP contribution is 2.46. The van der Waals surface area contributed by atoms with Crippen molar-refractivity contribution in [1.29, 1.82) is 0 Å². The molecule has 0 fully saturated rings. The van der Waals surface area contributed by atoms with E-state index in [-0.39, 0.29) is 0 Å². The SMILES string of the molecule is c1ccc(-c2ccc3c(c2)c2c(ccc4c5cc(-c6ccccc6)ccc5n(-c5cccc6oc7ccccc7c56)c42)n3-c2ccc3oc4ccccc4c3c2)cc1. The second-order valence-corrected chi connectivity index (χ2v) is 15.2. The zero-order valence-electron chi connectivity index (χ0n) is 31.2. The van der Waals surface area contributed by atoms with Crippen LogP contribution in [-0.2, 0) is 0 Å². The lowest BCUT2D eigenvalue weighted by molar-refractivity contribution is 0.668. The Hall–Kier alpha value is -7.82. The highest BCUT2D eigenvalue weighted by molar-refractivity contribution is 6.27. The third-order valence-corrected chi connectivity index (χ3v) is 12.1. The first kappa shape index (κ1) is 31.4. The van der Waals surface area contributed by atoms with Crippen LogP contribution in [0.15, 0.2) is 203 Å². The molecule has 4 nitrogen and oxygen atoms in total. The Morgan fingerprint density at radius 2 is 0.879 bits per heavy atom. The fourth-order valence-electron chi connectivity index (χ4n) is 9.55. The molecule has 13 rings (SSSR count). The van der Waals surface area contributed by atoms with Gasteiger partial charge in [0, 0.05) is 43.4 Å². The minimum atomic E-state index is 0.871. The molecule has 0 amide bonds. The van der Waals surface area contributed by atoms with Crippen LogP contribution in [0.3, 0.4) is 0 Å². The molecule has 0 bridgehead atoms. The van der Waals surface area contributed by atoms with E-state index < -0.39 is 0 Å². The Balaban J connectivity index is 1.22. The van der Waals surface area contributed by atoms with Crippen molar-refractivity contribution >= 4 is 87.5 Å². The quantitative estimate of drug-likeness (QED) is 0.180. The molecule has 4 heterocycles. The maximum absolute atomic E-state index is 6.51. The maximum Gasteiger partial charge on any atom is 0.137 e. The van der Waals surface area contributed by atoms with Crippen molar-refractivity contribution in [3.8, 4) is 33.6 Å². The average molecular weight is 741 g/mol. The van der Waals surface area contributed by atoms with Gasteiger partial charge < -0.3 is 18.0 Å². The van der Waals surface area contributed by atoms with Crippen molar-refractivity contribution in [3.63, 3.8) is 0 Å². The Labute approximate surface area is 332 Å². The minimum Gasteiger partial charge on any atom is -0.456 e. The molecule has 4 aromatic heterocycles. The number of hydrogen-bond donors (Lipinski definition) is 0. The van der Waals surface area contributed by atoms with Crippen LogP contribution in [-0.4, -0.2) is 9.13 Å². The Morgan fingerprint density at radius 1 is 0.293 bits per heavy atom. The molecule has 9 aromatic carbocycles. The highest BCUT2D eigenvalue weighted by atomic mass is 16.3. The van der Waals surface area contributed by atoms with Crippen LogP contribution in [0.4, 0.5) is 0 Å². The van der Waals surface area contributed by atoms with Crippen LogP contribution >= 0.6 is 0 Å². The average Bonchev–Trinajstić information content (AvgIpc) is 4.04. The van der Waals surface area contributed by atoms with Gasteiger partial charge in [-0.25, -0.2) is 0 Å². The molecular formula is C54H32N2O2. The van der Waals surface area contributed by atoms with E-state index in [4.69, 9.17) is 8.83 Å². The summed E-state index contributed by atoms with van der Waals surface area (Å²) in [6.07, 6.45) is 0. The minimum absolute atomic E-state index is 0.871. The number of hydrogen-bond acceptors (Lipinski definition) is 2. The van der Waals surface area contributed by atoms with Crippen LogP contribution in [0.2, 0.25) is 0 Å².